The van der Waals surface area contributed by atoms with Crippen LogP contribution in [-0.2, 0) is 16.2 Å². The molecule has 7 rings (SSSR count). The van der Waals surface area contributed by atoms with Crippen LogP contribution in [0.25, 0.3) is 33.0 Å². The molecule has 0 unspecified atom stereocenters. The average molecular weight is 600 g/mol. The monoisotopic (exact) mass is 599 g/mol. The Balaban J connectivity index is 1.52. The van der Waals surface area contributed by atoms with Gasteiger partial charge >= 0.3 is 0 Å². The first-order chi connectivity index (χ1) is 21.9. The van der Waals surface area contributed by atoms with Gasteiger partial charge in [-0.1, -0.05) is 159 Å². The fourth-order valence-corrected chi connectivity index (χ4v) is 7.64. The van der Waals surface area contributed by atoms with Crippen molar-refractivity contribution in [2.75, 3.05) is 4.90 Å². The number of hydrogen-bond donors (Lipinski definition) is 0. The normalized spacial score (nSPS) is 13.8. The smallest absolute Gasteiger partial charge is 0.0540 e. The van der Waals surface area contributed by atoms with Crippen LogP contribution in [0, 0.1) is 0 Å². The number of anilines is 3. The van der Waals surface area contributed by atoms with E-state index in [1.807, 2.05) is 0 Å². The summed E-state index contributed by atoms with van der Waals surface area (Å²) < 4.78 is 0. The summed E-state index contributed by atoms with van der Waals surface area (Å²) in [7, 11) is 0. The molecular formula is C45H45N. The number of fused-ring (bicyclic) bond motifs is 4. The molecule has 6 aromatic rings. The van der Waals surface area contributed by atoms with Crippen LogP contribution >= 0.6 is 0 Å². The first-order valence-corrected chi connectivity index (χ1v) is 16.6. The Morgan fingerprint density at radius 2 is 1.00 bits per heavy atom. The average Bonchev–Trinajstić information content (AvgIpc) is 3.26. The van der Waals surface area contributed by atoms with Crippen molar-refractivity contribution in [3.63, 3.8) is 0 Å². The van der Waals surface area contributed by atoms with Gasteiger partial charge in [-0.25, -0.2) is 0 Å². The maximum absolute atomic E-state index is 2.51. The van der Waals surface area contributed by atoms with Crippen LogP contribution in [0.2, 0.25) is 0 Å². The van der Waals surface area contributed by atoms with Gasteiger partial charge in [0.1, 0.15) is 0 Å². The lowest BCUT2D eigenvalue weighted by molar-refractivity contribution is 0.591. The maximum Gasteiger partial charge on any atom is 0.0540 e. The van der Waals surface area contributed by atoms with Crippen molar-refractivity contribution in [2.45, 2.75) is 71.6 Å². The fourth-order valence-electron chi connectivity index (χ4n) is 7.64. The third-order valence-electron chi connectivity index (χ3n) is 9.95. The minimum absolute atomic E-state index is 0.0375. The Morgan fingerprint density at radius 1 is 0.435 bits per heavy atom. The van der Waals surface area contributed by atoms with Gasteiger partial charge in [0.15, 0.2) is 0 Å². The van der Waals surface area contributed by atoms with Crippen molar-refractivity contribution in [3.8, 4) is 22.3 Å². The van der Waals surface area contributed by atoms with E-state index in [1.165, 1.54) is 72.3 Å². The molecule has 0 radical (unpaired) electrons. The van der Waals surface area contributed by atoms with E-state index in [9.17, 15) is 0 Å². The zero-order valence-corrected chi connectivity index (χ0v) is 28.6. The number of rotatable bonds is 4. The highest BCUT2D eigenvalue weighted by atomic mass is 15.1. The topological polar surface area (TPSA) is 3.24 Å². The third kappa shape index (κ3) is 4.85. The summed E-state index contributed by atoms with van der Waals surface area (Å²) in [6.07, 6.45) is 0. The van der Waals surface area contributed by atoms with Crippen molar-refractivity contribution < 1.29 is 0 Å². The van der Waals surface area contributed by atoms with Gasteiger partial charge in [-0.05, 0) is 84.8 Å². The number of hydrogen-bond acceptors (Lipinski definition) is 1. The molecule has 1 heteroatoms. The van der Waals surface area contributed by atoms with Gasteiger partial charge in [0, 0.05) is 22.4 Å². The number of para-hydroxylation sites is 2. The lowest BCUT2D eigenvalue weighted by Crippen LogP contribution is -2.20. The molecule has 0 spiro atoms. The van der Waals surface area contributed by atoms with E-state index in [2.05, 4.69) is 188 Å². The van der Waals surface area contributed by atoms with E-state index in [0.717, 1.165) is 0 Å². The summed E-state index contributed by atoms with van der Waals surface area (Å²) >= 11 is 0. The molecule has 0 bridgehead atoms. The standard InChI is InChI=1S/C45H45N/c1-43(2,3)37-28-26-32(31-17-9-10-18-33(31)37)35-20-12-15-23-41(35)46(42-24-16-14-22-40(42)44(4,5)6)30-25-27-39-36(29-30)34-19-11-13-21-38(34)45(39,7)8/h9-29H,1-8H3. The molecule has 0 atom stereocenters. The lowest BCUT2D eigenvalue weighted by Gasteiger charge is -2.34. The molecule has 0 saturated heterocycles. The largest absolute Gasteiger partial charge is 0.310 e. The van der Waals surface area contributed by atoms with E-state index in [-0.39, 0.29) is 16.2 Å². The van der Waals surface area contributed by atoms with E-state index >= 15 is 0 Å². The first kappa shape index (κ1) is 30.1. The van der Waals surface area contributed by atoms with Crippen molar-refractivity contribution in [2.24, 2.45) is 0 Å². The Kier molecular flexibility index (Phi) is 7.01. The van der Waals surface area contributed by atoms with Gasteiger partial charge < -0.3 is 4.90 Å². The van der Waals surface area contributed by atoms with Crippen molar-refractivity contribution >= 4 is 27.8 Å². The Labute approximate surface area is 275 Å². The molecule has 1 aliphatic rings. The third-order valence-corrected chi connectivity index (χ3v) is 9.95. The van der Waals surface area contributed by atoms with E-state index in [4.69, 9.17) is 0 Å². The molecule has 6 aromatic carbocycles. The lowest BCUT2D eigenvalue weighted by atomic mass is 9.81. The Bertz CT molecular complexity index is 2100. The van der Waals surface area contributed by atoms with Gasteiger partial charge in [0.05, 0.1) is 5.69 Å². The molecule has 1 aliphatic carbocycles. The molecule has 0 heterocycles. The van der Waals surface area contributed by atoms with Crippen LogP contribution in [-0.4, -0.2) is 0 Å². The van der Waals surface area contributed by atoms with Crippen LogP contribution < -0.4 is 4.90 Å². The Morgan fingerprint density at radius 3 is 1.72 bits per heavy atom. The van der Waals surface area contributed by atoms with E-state index in [1.54, 1.807) is 0 Å². The number of benzene rings is 6. The van der Waals surface area contributed by atoms with Gasteiger partial charge in [-0.15, -0.1) is 0 Å². The molecule has 46 heavy (non-hydrogen) atoms. The highest BCUT2D eigenvalue weighted by Crippen LogP contribution is 2.52. The molecule has 230 valence electrons. The van der Waals surface area contributed by atoms with Crippen molar-refractivity contribution in [1.82, 2.24) is 0 Å². The van der Waals surface area contributed by atoms with Crippen molar-refractivity contribution in [1.29, 1.82) is 0 Å². The summed E-state index contributed by atoms with van der Waals surface area (Å²) in [5.74, 6) is 0. The van der Waals surface area contributed by atoms with Crippen molar-refractivity contribution in [3.05, 3.63) is 150 Å². The predicted molar refractivity (Wildman–Crippen MR) is 199 cm³/mol. The Hall–Kier alpha value is -4.62. The summed E-state index contributed by atoms with van der Waals surface area (Å²) in [6.45, 7) is 18.6. The molecular weight excluding hydrogens is 555 g/mol. The van der Waals surface area contributed by atoms with E-state index < -0.39 is 0 Å². The molecule has 0 aliphatic heterocycles. The second-order valence-corrected chi connectivity index (χ2v) is 15.5. The second-order valence-electron chi connectivity index (χ2n) is 15.5. The van der Waals surface area contributed by atoms with Crippen LogP contribution in [0.15, 0.2) is 127 Å². The zero-order chi connectivity index (χ0) is 32.4. The van der Waals surface area contributed by atoms with Gasteiger partial charge in [-0.3, -0.25) is 0 Å². The highest BCUT2D eigenvalue weighted by Gasteiger charge is 2.36. The first-order valence-electron chi connectivity index (χ1n) is 16.6. The summed E-state index contributed by atoms with van der Waals surface area (Å²) in [4.78, 5) is 2.51. The highest BCUT2D eigenvalue weighted by molar-refractivity contribution is 6.03. The quantitative estimate of drug-likeness (QED) is 0.195. The minimum Gasteiger partial charge on any atom is -0.310 e. The molecule has 1 nitrogen and oxygen atoms in total. The van der Waals surface area contributed by atoms with Gasteiger partial charge in [0.2, 0.25) is 0 Å². The second kappa shape index (κ2) is 10.7. The molecule has 0 saturated carbocycles. The van der Waals surface area contributed by atoms with Crippen LogP contribution in [0.1, 0.15) is 77.6 Å². The van der Waals surface area contributed by atoms with Gasteiger partial charge in [-0.2, -0.15) is 0 Å². The summed E-state index contributed by atoms with van der Waals surface area (Å²) in [5.41, 5.74) is 14.2. The predicted octanol–water partition coefficient (Wildman–Crippen LogP) is 12.9. The summed E-state index contributed by atoms with van der Waals surface area (Å²) in [6, 6.07) is 47.6. The van der Waals surface area contributed by atoms with E-state index in [0.29, 0.717) is 0 Å². The molecule has 0 amide bonds. The number of nitrogens with zero attached hydrogens (tertiary/aromatic N) is 1. The van der Waals surface area contributed by atoms with Crippen LogP contribution in [0.3, 0.4) is 0 Å². The van der Waals surface area contributed by atoms with Crippen LogP contribution in [0.5, 0.6) is 0 Å². The summed E-state index contributed by atoms with van der Waals surface area (Å²) in [5, 5.41) is 2.61. The SMILES string of the molecule is CC(C)(C)c1ccccc1N(c1ccc2c(c1)-c1ccccc1C2(C)C)c1ccccc1-c1ccc(C(C)(C)C)c2ccccc12. The van der Waals surface area contributed by atoms with Gasteiger partial charge in [0.25, 0.3) is 0 Å². The fraction of sp³-hybridized carbons (Fsp3) is 0.244. The maximum atomic E-state index is 2.51. The molecule has 0 N–H and O–H groups in total. The van der Waals surface area contributed by atoms with Crippen LogP contribution in [0.4, 0.5) is 17.1 Å². The zero-order valence-electron chi connectivity index (χ0n) is 28.6. The molecule has 0 fully saturated rings. The molecule has 0 aromatic heterocycles. The minimum atomic E-state index is -0.0455.